The van der Waals surface area contributed by atoms with Crippen LogP contribution in [-0.4, -0.2) is 41.5 Å². The van der Waals surface area contributed by atoms with Gasteiger partial charge in [0.15, 0.2) is 0 Å². The van der Waals surface area contributed by atoms with Crippen LogP contribution < -0.4 is 16.4 Å². The van der Waals surface area contributed by atoms with Crippen LogP contribution in [0, 0.1) is 6.92 Å². The number of carbonyl (C=O) groups excluding carboxylic acids is 1. The van der Waals surface area contributed by atoms with Crippen molar-refractivity contribution >= 4 is 21.6 Å². The van der Waals surface area contributed by atoms with E-state index in [1.807, 2.05) is 0 Å². The van der Waals surface area contributed by atoms with E-state index in [2.05, 4.69) is 10.4 Å². The minimum absolute atomic E-state index is 0.00550. The number of anilines is 1. The Labute approximate surface area is 174 Å². The van der Waals surface area contributed by atoms with Gasteiger partial charge in [0.05, 0.1) is 11.4 Å². The number of rotatable bonds is 6. The van der Waals surface area contributed by atoms with Crippen LogP contribution in [0.4, 0.5) is 5.69 Å². The first kappa shape index (κ1) is 22.0. The topological polar surface area (TPSA) is 121 Å². The number of aromatic amines is 1. The van der Waals surface area contributed by atoms with Gasteiger partial charge in [-0.25, -0.2) is 13.1 Å². The zero-order chi connectivity index (χ0) is 21.7. The van der Waals surface area contributed by atoms with E-state index in [1.54, 1.807) is 19.1 Å². The normalized spacial score (nSPS) is 15.5. The first-order valence-electron chi connectivity index (χ1n) is 9.98. The van der Waals surface area contributed by atoms with Gasteiger partial charge in [0.25, 0.3) is 11.1 Å². The van der Waals surface area contributed by atoms with Crippen molar-refractivity contribution in [3.63, 3.8) is 0 Å². The highest BCUT2D eigenvalue weighted by molar-refractivity contribution is 7.89. The molecule has 1 aromatic carbocycles. The molecule has 2 N–H and O–H groups in total. The molecule has 0 unspecified atom stereocenters. The third-order valence-electron chi connectivity index (χ3n) is 5.11. The minimum Gasteiger partial charge on any atom is -0.326 e. The van der Waals surface area contributed by atoms with E-state index in [0.29, 0.717) is 24.3 Å². The number of amides is 1. The molecule has 9 nitrogen and oxygen atoms in total. The van der Waals surface area contributed by atoms with Crippen molar-refractivity contribution < 1.29 is 13.2 Å². The van der Waals surface area contributed by atoms with Gasteiger partial charge in [-0.2, -0.15) is 4.31 Å². The van der Waals surface area contributed by atoms with Crippen molar-refractivity contribution in [3.05, 3.63) is 56.6 Å². The van der Waals surface area contributed by atoms with E-state index in [0.717, 1.165) is 42.5 Å². The van der Waals surface area contributed by atoms with Crippen LogP contribution in [0.15, 0.2) is 44.8 Å². The largest absolute Gasteiger partial charge is 0.326 e. The molecule has 1 aromatic heterocycles. The van der Waals surface area contributed by atoms with E-state index >= 15 is 0 Å². The number of aryl methyl sites for hydroxylation is 2. The van der Waals surface area contributed by atoms with E-state index in [9.17, 15) is 22.8 Å². The standard InChI is InChI=1S/C20H26N4O5S/c1-15-6-7-16(14-17(15)30(28,29)23-11-4-2-3-5-12-23)21-18(25)10-13-24-20(27)9-8-19(26)22-24/h6-9,14H,2-5,10-13H2,1H3,(H,21,25)(H,22,26). The Balaban J connectivity index is 1.73. The number of nitrogens with one attached hydrogen (secondary N) is 2. The lowest BCUT2D eigenvalue weighted by molar-refractivity contribution is -0.116. The van der Waals surface area contributed by atoms with E-state index in [1.165, 1.54) is 10.4 Å². The Morgan fingerprint density at radius 3 is 2.47 bits per heavy atom. The number of sulfonamides is 1. The first-order valence-corrected chi connectivity index (χ1v) is 11.4. The predicted molar refractivity (Wildman–Crippen MR) is 113 cm³/mol. The van der Waals surface area contributed by atoms with Crippen molar-refractivity contribution in [1.29, 1.82) is 0 Å². The van der Waals surface area contributed by atoms with Crippen molar-refractivity contribution in [2.75, 3.05) is 18.4 Å². The summed E-state index contributed by atoms with van der Waals surface area (Å²) in [5.41, 5.74) is 0.138. The highest BCUT2D eigenvalue weighted by Crippen LogP contribution is 2.25. The van der Waals surface area contributed by atoms with E-state index in [-0.39, 0.29) is 17.9 Å². The number of aromatic nitrogens is 2. The van der Waals surface area contributed by atoms with Crippen LogP contribution in [-0.2, 0) is 21.4 Å². The second-order valence-electron chi connectivity index (χ2n) is 7.40. The van der Waals surface area contributed by atoms with Gasteiger partial charge in [-0.05, 0) is 37.5 Å². The summed E-state index contributed by atoms with van der Waals surface area (Å²) in [6.07, 6.45) is 3.68. The fourth-order valence-corrected chi connectivity index (χ4v) is 5.21. The van der Waals surface area contributed by atoms with Crippen molar-refractivity contribution in [2.24, 2.45) is 0 Å². The summed E-state index contributed by atoms with van der Waals surface area (Å²) < 4.78 is 28.8. The highest BCUT2D eigenvalue weighted by atomic mass is 32.2. The highest BCUT2D eigenvalue weighted by Gasteiger charge is 2.27. The summed E-state index contributed by atoms with van der Waals surface area (Å²) in [6, 6.07) is 7.04. The van der Waals surface area contributed by atoms with Crippen LogP contribution in [0.2, 0.25) is 0 Å². The Kier molecular flexibility index (Phi) is 6.88. The second kappa shape index (κ2) is 9.40. The summed E-state index contributed by atoms with van der Waals surface area (Å²) in [5.74, 6) is -0.395. The second-order valence-corrected chi connectivity index (χ2v) is 9.30. The third kappa shape index (κ3) is 5.25. The number of benzene rings is 1. The monoisotopic (exact) mass is 434 g/mol. The maximum absolute atomic E-state index is 13.1. The molecule has 30 heavy (non-hydrogen) atoms. The molecule has 2 aromatic rings. The molecule has 0 atom stereocenters. The summed E-state index contributed by atoms with van der Waals surface area (Å²) in [7, 11) is -3.64. The fourth-order valence-electron chi connectivity index (χ4n) is 3.44. The lowest BCUT2D eigenvalue weighted by Gasteiger charge is -2.21. The molecular weight excluding hydrogens is 408 g/mol. The van der Waals surface area contributed by atoms with Gasteiger partial charge in [-0.1, -0.05) is 18.9 Å². The molecule has 0 aliphatic carbocycles. The Morgan fingerprint density at radius 1 is 1.07 bits per heavy atom. The minimum atomic E-state index is -3.64. The third-order valence-corrected chi connectivity index (χ3v) is 7.15. The smallest absolute Gasteiger partial charge is 0.265 e. The molecule has 1 aliphatic rings. The van der Waals surface area contributed by atoms with Crippen LogP contribution in [0.25, 0.3) is 0 Å². The van der Waals surface area contributed by atoms with Gasteiger partial charge < -0.3 is 5.32 Å². The molecule has 162 valence electrons. The van der Waals surface area contributed by atoms with E-state index in [4.69, 9.17) is 0 Å². The maximum atomic E-state index is 13.1. The molecule has 2 heterocycles. The first-order chi connectivity index (χ1) is 14.3. The van der Waals surface area contributed by atoms with Gasteiger partial charge in [-0.15, -0.1) is 0 Å². The quantitative estimate of drug-likeness (QED) is 0.713. The molecule has 3 rings (SSSR count). The molecule has 0 radical (unpaired) electrons. The molecule has 1 saturated heterocycles. The van der Waals surface area contributed by atoms with Gasteiger partial charge in [0, 0.05) is 37.3 Å². The molecule has 0 spiro atoms. The van der Waals surface area contributed by atoms with Crippen molar-refractivity contribution in [3.8, 4) is 0 Å². The summed E-state index contributed by atoms with van der Waals surface area (Å²) in [5, 5.41) is 5.03. The van der Waals surface area contributed by atoms with Crippen LogP contribution in [0.1, 0.15) is 37.7 Å². The number of H-pyrrole nitrogens is 1. The van der Waals surface area contributed by atoms with Crippen molar-refractivity contribution in [1.82, 2.24) is 14.1 Å². The zero-order valence-electron chi connectivity index (χ0n) is 16.9. The molecule has 0 bridgehead atoms. The average Bonchev–Trinajstić information content (AvgIpc) is 3.00. The Hall–Kier alpha value is -2.72. The summed E-state index contributed by atoms with van der Waals surface area (Å²) >= 11 is 0. The number of carbonyl (C=O) groups is 1. The molecule has 10 heteroatoms. The molecule has 1 aliphatic heterocycles. The van der Waals surface area contributed by atoms with Crippen LogP contribution >= 0.6 is 0 Å². The van der Waals surface area contributed by atoms with E-state index < -0.39 is 27.0 Å². The molecule has 1 fully saturated rings. The van der Waals surface area contributed by atoms with Gasteiger partial charge in [-0.3, -0.25) is 19.5 Å². The van der Waals surface area contributed by atoms with Crippen LogP contribution in [0.5, 0.6) is 0 Å². The summed E-state index contributed by atoms with van der Waals surface area (Å²) in [4.78, 5) is 35.5. The number of hydrogen-bond acceptors (Lipinski definition) is 5. The number of hydrogen-bond donors (Lipinski definition) is 2. The van der Waals surface area contributed by atoms with Crippen LogP contribution in [0.3, 0.4) is 0 Å². The predicted octanol–water partition coefficient (Wildman–Crippen LogP) is 1.44. The SMILES string of the molecule is Cc1ccc(NC(=O)CCn2[nH]c(=O)ccc2=O)cc1S(=O)(=O)N1CCCCCC1. The molecule has 0 saturated carbocycles. The maximum Gasteiger partial charge on any atom is 0.265 e. The lowest BCUT2D eigenvalue weighted by Crippen LogP contribution is -2.32. The summed E-state index contributed by atoms with van der Waals surface area (Å²) in [6.45, 7) is 2.74. The Bertz CT molecular complexity index is 1130. The van der Waals surface area contributed by atoms with Crippen molar-refractivity contribution in [2.45, 2.75) is 50.5 Å². The van der Waals surface area contributed by atoms with Gasteiger partial charge in [0.1, 0.15) is 0 Å². The molecular formula is C20H26N4O5S. The number of nitrogens with zero attached hydrogens (tertiary/aromatic N) is 2. The van der Waals surface area contributed by atoms with Gasteiger partial charge >= 0.3 is 0 Å². The zero-order valence-corrected chi connectivity index (χ0v) is 17.7. The lowest BCUT2D eigenvalue weighted by atomic mass is 10.2. The van der Waals surface area contributed by atoms with Gasteiger partial charge in [0.2, 0.25) is 15.9 Å². The Morgan fingerprint density at radius 2 is 1.77 bits per heavy atom. The fraction of sp³-hybridized carbons (Fsp3) is 0.450. The molecule has 1 amide bonds. The average molecular weight is 435 g/mol.